The third kappa shape index (κ3) is 4.90. The molecule has 2 aliphatic heterocycles. The minimum Gasteiger partial charge on any atom is -0.299 e. The number of nitrogens with zero attached hydrogens (tertiary/aromatic N) is 2. The van der Waals surface area contributed by atoms with Crippen LogP contribution < -0.4 is 0 Å². The van der Waals surface area contributed by atoms with Gasteiger partial charge in [-0.15, -0.1) is 0 Å². The van der Waals surface area contributed by atoms with E-state index in [-0.39, 0.29) is 12.5 Å². The Bertz CT molecular complexity index is 504. The van der Waals surface area contributed by atoms with Gasteiger partial charge in [0.15, 0.2) is 0 Å². The highest BCUT2D eigenvalue weighted by atomic mass is 19.3. The highest BCUT2D eigenvalue weighted by Gasteiger charge is 2.49. The maximum atomic E-state index is 14.8. The molecule has 0 amide bonds. The number of piperidine rings is 2. The van der Waals surface area contributed by atoms with Gasteiger partial charge in [0.1, 0.15) is 5.78 Å². The quantitative estimate of drug-likeness (QED) is 0.692. The largest absolute Gasteiger partial charge is 0.299 e. The summed E-state index contributed by atoms with van der Waals surface area (Å²) in [6.45, 7) is 9.22. The zero-order valence-electron chi connectivity index (χ0n) is 17.5. The van der Waals surface area contributed by atoms with Gasteiger partial charge in [0.2, 0.25) is 0 Å². The van der Waals surface area contributed by atoms with Gasteiger partial charge in [0, 0.05) is 25.4 Å². The van der Waals surface area contributed by atoms with Crippen molar-refractivity contribution in [3.8, 4) is 0 Å². The van der Waals surface area contributed by atoms with E-state index in [1.165, 1.54) is 0 Å². The van der Waals surface area contributed by atoms with E-state index in [1.54, 1.807) is 0 Å². The molecule has 1 atom stereocenters. The van der Waals surface area contributed by atoms with Gasteiger partial charge in [-0.2, -0.15) is 0 Å². The zero-order valence-corrected chi connectivity index (χ0v) is 17.5. The molecule has 0 bridgehead atoms. The minimum atomic E-state index is -2.61. The Morgan fingerprint density at radius 2 is 1.67 bits per heavy atom. The average molecular weight is 385 g/mol. The van der Waals surface area contributed by atoms with Crippen molar-refractivity contribution in [3.63, 3.8) is 0 Å². The Hall–Kier alpha value is -0.550. The van der Waals surface area contributed by atoms with Crippen molar-refractivity contribution in [2.75, 3.05) is 32.7 Å². The van der Waals surface area contributed by atoms with E-state index >= 15 is 0 Å². The van der Waals surface area contributed by atoms with Crippen LogP contribution in [0.1, 0.15) is 72.1 Å². The summed E-state index contributed by atoms with van der Waals surface area (Å²) in [4.78, 5) is 16.0. The van der Waals surface area contributed by atoms with Crippen molar-refractivity contribution in [3.05, 3.63) is 0 Å². The third-order valence-electron chi connectivity index (χ3n) is 7.41. The molecule has 3 aliphatic rings. The first-order valence-corrected chi connectivity index (χ1v) is 11.1. The van der Waals surface area contributed by atoms with Gasteiger partial charge in [-0.05, 0) is 69.4 Å². The maximum Gasteiger partial charge on any atom is 0.275 e. The first-order valence-electron chi connectivity index (χ1n) is 11.1. The summed E-state index contributed by atoms with van der Waals surface area (Å²) in [5, 5.41) is 0. The van der Waals surface area contributed by atoms with E-state index in [0.717, 1.165) is 64.7 Å². The van der Waals surface area contributed by atoms with E-state index in [4.69, 9.17) is 0 Å². The highest BCUT2D eigenvalue weighted by molar-refractivity contribution is 5.80. The van der Waals surface area contributed by atoms with Crippen LogP contribution in [0.2, 0.25) is 0 Å². The summed E-state index contributed by atoms with van der Waals surface area (Å²) in [6, 6.07) is -0.587. The molecule has 2 saturated heterocycles. The Morgan fingerprint density at radius 3 is 2.19 bits per heavy atom. The average Bonchev–Trinajstić information content (AvgIpc) is 2.62. The molecule has 156 valence electrons. The Labute approximate surface area is 163 Å². The molecule has 2 heterocycles. The molecular weight excluding hydrogens is 346 g/mol. The standard InChI is InChI=1S/C22H38F2N2O/c1-4-19(27)18-5-8-21(9-6-18)10-13-26(14-11-21)20-7-12-25(15-17(2)3)16-22(20,23)24/h17-18,20H,4-16H2,1-3H3. The number of likely N-dealkylation sites (tertiary alicyclic amines) is 2. The number of carbonyl (C=O) groups excluding carboxylic acids is 1. The van der Waals surface area contributed by atoms with Gasteiger partial charge >= 0.3 is 0 Å². The van der Waals surface area contributed by atoms with Gasteiger partial charge in [-0.25, -0.2) is 8.78 Å². The Balaban J connectivity index is 1.51. The molecule has 0 radical (unpaired) electrons. The van der Waals surface area contributed by atoms with Crippen molar-refractivity contribution in [2.24, 2.45) is 17.3 Å². The van der Waals surface area contributed by atoms with E-state index in [2.05, 4.69) is 18.7 Å². The molecule has 3 nitrogen and oxygen atoms in total. The van der Waals surface area contributed by atoms with Crippen LogP contribution in [0.3, 0.4) is 0 Å². The van der Waals surface area contributed by atoms with Crippen molar-refractivity contribution in [1.29, 1.82) is 0 Å². The minimum absolute atomic E-state index is 0.0850. The van der Waals surface area contributed by atoms with Crippen LogP contribution in [0.5, 0.6) is 0 Å². The van der Waals surface area contributed by atoms with Crippen LogP contribution in [-0.2, 0) is 4.79 Å². The SMILES string of the molecule is CCC(=O)C1CCC2(CC1)CCN(C1CCN(CC(C)C)CC1(F)F)CC2. The van der Waals surface area contributed by atoms with Crippen molar-refractivity contribution < 1.29 is 13.6 Å². The lowest BCUT2D eigenvalue weighted by molar-refractivity contribution is -0.139. The first-order chi connectivity index (χ1) is 12.7. The van der Waals surface area contributed by atoms with Crippen molar-refractivity contribution in [2.45, 2.75) is 84.1 Å². The van der Waals surface area contributed by atoms with Gasteiger partial charge in [0.05, 0.1) is 12.6 Å². The fourth-order valence-corrected chi connectivity index (χ4v) is 5.77. The summed E-state index contributed by atoms with van der Waals surface area (Å²) in [6.07, 6.45) is 7.54. The molecule has 27 heavy (non-hydrogen) atoms. The third-order valence-corrected chi connectivity index (χ3v) is 7.41. The van der Waals surface area contributed by atoms with Gasteiger partial charge in [-0.3, -0.25) is 14.6 Å². The molecule has 3 rings (SSSR count). The number of alkyl halides is 2. The van der Waals surface area contributed by atoms with E-state index in [0.29, 0.717) is 30.0 Å². The molecule has 0 N–H and O–H groups in total. The molecule has 1 spiro atoms. The zero-order chi connectivity index (χ0) is 19.7. The maximum absolute atomic E-state index is 14.8. The second-order valence-corrected chi connectivity index (χ2v) is 9.82. The van der Waals surface area contributed by atoms with Gasteiger partial charge < -0.3 is 0 Å². The van der Waals surface area contributed by atoms with Crippen molar-refractivity contribution >= 4 is 5.78 Å². The first kappa shape index (κ1) is 21.2. The second kappa shape index (κ2) is 8.44. The van der Waals surface area contributed by atoms with E-state index in [9.17, 15) is 13.6 Å². The number of ketones is 1. The monoisotopic (exact) mass is 384 g/mol. The fraction of sp³-hybridized carbons (Fsp3) is 0.955. The second-order valence-electron chi connectivity index (χ2n) is 9.82. The number of hydrogen-bond donors (Lipinski definition) is 0. The number of carbonyl (C=O) groups is 1. The highest BCUT2D eigenvalue weighted by Crippen LogP contribution is 2.47. The van der Waals surface area contributed by atoms with Crippen LogP contribution in [0, 0.1) is 17.3 Å². The fourth-order valence-electron chi connectivity index (χ4n) is 5.77. The lowest BCUT2D eigenvalue weighted by atomic mass is 9.64. The number of rotatable bonds is 5. The van der Waals surface area contributed by atoms with Crippen molar-refractivity contribution in [1.82, 2.24) is 9.80 Å². The predicted molar refractivity (Wildman–Crippen MR) is 105 cm³/mol. The van der Waals surface area contributed by atoms with Crippen LogP contribution in [-0.4, -0.2) is 60.3 Å². The lowest BCUT2D eigenvalue weighted by Gasteiger charge is -2.50. The van der Waals surface area contributed by atoms with Crippen LogP contribution in [0.4, 0.5) is 8.78 Å². The molecule has 1 aliphatic carbocycles. The van der Waals surface area contributed by atoms with E-state index < -0.39 is 12.0 Å². The molecule has 1 saturated carbocycles. The lowest BCUT2D eigenvalue weighted by Crippen LogP contribution is -2.60. The van der Waals surface area contributed by atoms with Crippen LogP contribution in [0.15, 0.2) is 0 Å². The molecule has 0 aromatic rings. The normalized spacial score (nSPS) is 30.1. The van der Waals surface area contributed by atoms with Gasteiger partial charge in [-0.1, -0.05) is 20.8 Å². The number of halogens is 2. The molecule has 0 aromatic carbocycles. The van der Waals surface area contributed by atoms with Crippen LogP contribution in [0.25, 0.3) is 0 Å². The Morgan fingerprint density at radius 1 is 1.04 bits per heavy atom. The topological polar surface area (TPSA) is 23.6 Å². The Kier molecular flexibility index (Phi) is 6.62. The molecule has 5 heteroatoms. The summed E-state index contributed by atoms with van der Waals surface area (Å²) in [7, 11) is 0. The number of Topliss-reactive ketones (excluding diaryl/α,β-unsaturated/α-hetero) is 1. The van der Waals surface area contributed by atoms with Gasteiger partial charge in [0.25, 0.3) is 5.92 Å². The summed E-state index contributed by atoms with van der Waals surface area (Å²) >= 11 is 0. The van der Waals surface area contributed by atoms with Crippen LogP contribution >= 0.6 is 0 Å². The number of hydrogen-bond acceptors (Lipinski definition) is 3. The summed E-state index contributed by atoms with van der Waals surface area (Å²) in [5.41, 5.74) is 0.314. The smallest absolute Gasteiger partial charge is 0.275 e. The molecular formula is C22H38F2N2O. The summed E-state index contributed by atoms with van der Waals surface area (Å²) < 4.78 is 29.7. The van der Waals surface area contributed by atoms with E-state index in [1.807, 2.05) is 11.8 Å². The molecule has 3 fully saturated rings. The summed E-state index contributed by atoms with van der Waals surface area (Å²) in [5.74, 6) is -1.51. The predicted octanol–water partition coefficient (Wildman–Crippen LogP) is 4.60. The molecule has 1 unspecified atom stereocenters. The molecule has 0 aromatic heterocycles.